The van der Waals surface area contributed by atoms with E-state index in [0.29, 0.717) is 12.2 Å². The Morgan fingerprint density at radius 1 is 1.45 bits per heavy atom. The maximum absolute atomic E-state index is 12.3. The summed E-state index contributed by atoms with van der Waals surface area (Å²) in [5, 5.41) is 6.43. The van der Waals surface area contributed by atoms with E-state index >= 15 is 0 Å². The second kappa shape index (κ2) is 6.27. The minimum Gasteiger partial charge on any atom is -0.385 e. The van der Waals surface area contributed by atoms with E-state index in [0.717, 1.165) is 37.2 Å². The quantitative estimate of drug-likeness (QED) is 0.869. The lowest BCUT2D eigenvalue weighted by Crippen LogP contribution is -2.46. The van der Waals surface area contributed by atoms with Crippen molar-refractivity contribution in [1.29, 1.82) is 0 Å². The second-order valence-corrected chi connectivity index (χ2v) is 5.77. The van der Waals surface area contributed by atoms with Crippen molar-refractivity contribution >= 4 is 11.6 Å². The Bertz CT molecular complexity index is 479. The predicted octanol–water partition coefficient (Wildman–Crippen LogP) is 2.73. The second-order valence-electron chi connectivity index (χ2n) is 5.77. The van der Waals surface area contributed by atoms with Gasteiger partial charge in [-0.25, -0.2) is 0 Å². The topological polar surface area (TPSA) is 50.4 Å². The highest BCUT2D eigenvalue weighted by Gasteiger charge is 2.31. The van der Waals surface area contributed by atoms with Crippen LogP contribution < -0.4 is 10.6 Å². The van der Waals surface area contributed by atoms with Gasteiger partial charge < -0.3 is 15.4 Å². The van der Waals surface area contributed by atoms with E-state index < -0.39 is 0 Å². The van der Waals surface area contributed by atoms with Crippen LogP contribution in [0.1, 0.15) is 42.6 Å². The van der Waals surface area contributed by atoms with Crippen molar-refractivity contribution in [3.05, 3.63) is 29.3 Å². The van der Waals surface area contributed by atoms with Crippen LogP contribution in [-0.2, 0) is 4.74 Å². The standard InChI is InChI=1S/C16H24N2O2/c1-4-8-17-14-6-5-13(10-12(14)2)15(19)18-16(3)7-9-20-11-16/h5-6,10,17H,4,7-9,11H2,1-3H3,(H,18,19). The van der Waals surface area contributed by atoms with Gasteiger partial charge in [-0.05, 0) is 50.5 Å². The average molecular weight is 276 g/mol. The molecule has 2 rings (SSSR count). The van der Waals surface area contributed by atoms with Gasteiger partial charge in [-0.2, -0.15) is 0 Å². The first kappa shape index (κ1) is 14.9. The summed E-state index contributed by atoms with van der Waals surface area (Å²) in [6.07, 6.45) is 1.95. The van der Waals surface area contributed by atoms with E-state index in [1.165, 1.54) is 0 Å². The molecule has 1 heterocycles. The molecular weight excluding hydrogens is 252 g/mol. The molecule has 1 aromatic rings. The summed E-state index contributed by atoms with van der Waals surface area (Å²) in [5.74, 6) is -0.0249. The van der Waals surface area contributed by atoms with Crippen LogP contribution in [0, 0.1) is 6.92 Å². The molecule has 1 atom stereocenters. The molecule has 110 valence electrons. The monoisotopic (exact) mass is 276 g/mol. The molecular formula is C16H24N2O2. The SMILES string of the molecule is CCCNc1ccc(C(=O)NC2(C)CCOC2)cc1C. The molecule has 0 aromatic heterocycles. The van der Waals surface area contributed by atoms with Crippen molar-refractivity contribution in [1.82, 2.24) is 5.32 Å². The molecule has 1 amide bonds. The van der Waals surface area contributed by atoms with Gasteiger partial charge in [0.2, 0.25) is 0 Å². The summed E-state index contributed by atoms with van der Waals surface area (Å²) in [6.45, 7) is 8.44. The molecule has 1 unspecified atom stereocenters. The number of nitrogens with one attached hydrogen (secondary N) is 2. The van der Waals surface area contributed by atoms with Crippen LogP contribution in [-0.4, -0.2) is 31.2 Å². The van der Waals surface area contributed by atoms with Gasteiger partial charge in [0, 0.05) is 24.4 Å². The van der Waals surface area contributed by atoms with E-state index in [-0.39, 0.29) is 11.4 Å². The summed E-state index contributed by atoms with van der Waals surface area (Å²) in [7, 11) is 0. The van der Waals surface area contributed by atoms with Gasteiger partial charge in [0.05, 0.1) is 12.1 Å². The molecule has 1 aromatic carbocycles. The molecule has 4 nitrogen and oxygen atoms in total. The Hall–Kier alpha value is -1.55. The fourth-order valence-corrected chi connectivity index (χ4v) is 2.37. The average Bonchev–Trinajstić information content (AvgIpc) is 2.83. The lowest BCUT2D eigenvalue weighted by Gasteiger charge is -2.23. The molecule has 1 aliphatic rings. The predicted molar refractivity (Wildman–Crippen MR) is 81.3 cm³/mol. The summed E-state index contributed by atoms with van der Waals surface area (Å²) in [4.78, 5) is 12.3. The number of amides is 1. The van der Waals surface area contributed by atoms with Crippen LogP contribution in [0.4, 0.5) is 5.69 Å². The van der Waals surface area contributed by atoms with Gasteiger partial charge in [0.1, 0.15) is 0 Å². The van der Waals surface area contributed by atoms with Crippen molar-refractivity contribution in [2.75, 3.05) is 25.1 Å². The highest BCUT2D eigenvalue weighted by atomic mass is 16.5. The molecule has 1 saturated heterocycles. The first-order chi connectivity index (χ1) is 9.54. The lowest BCUT2D eigenvalue weighted by molar-refractivity contribution is 0.0890. The summed E-state index contributed by atoms with van der Waals surface area (Å²) < 4.78 is 5.36. The Balaban J connectivity index is 2.05. The lowest BCUT2D eigenvalue weighted by atomic mass is 10.0. The van der Waals surface area contributed by atoms with Crippen LogP contribution in [0.3, 0.4) is 0 Å². The van der Waals surface area contributed by atoms with E-state index in [2.05, 4.69) is 17.6 Å². The van der Waals surface area contributed by atoms with E-state index in [4.69, 9.17) is 4.74 Å². The smallest absolute Gasteiger partial charge is 0.251 e. The van der Waals surface area contributed by atoms with Crippen molar-refractivity contribution in [2.24, 2.45) is 0 Å². The number of carbonyl (C=O) groups is 1. The van der Waals surface area contributed by atoms with Crippen LogP contribution in [0.2, 0.25) is 0 Å². The minimum absolute atomic E-state index is 0.0249. The molecule has 20 heavy (non-hydrogen) atoms. The summed E-state index contributed by atoms with van der Waals surface area (Å²) in [5.41, 5.74) is 2.67. The van der Waals surface area contributed by atoms with Crippen LogP contribution >= 0.6 is 0 Å². The van der Waals surface area contributed by atoms with Crippen LogP contribution in [0.15, 0.2) is 18.2 Å². The first-order valence-corrected chi connectivity index (χ1v) is 7.29. The largest absolute Gasteiger partial charge is 0.385 e. The number of anilines is 1. The summed E-state index contributed by atoms with van der Waals surface area (Å²) >= 11 is 0. The van der Waals surface area contributed by atoms with Gasteiger partial charge in [0.25, 0.3) is 5.91 Å². The van der Waals surface area contributed by atoms with Crippen molar-refractivity contribution in [2.45, 2.75) is 39.2 Å². The molecule has 0 radical (unpaired) electrons. The zero-order chi connectivity index (χ0) is 14.6. The zero-order valence-electron chi connectivity index (χ0n) is 12.6. The number of rotatable bonds is 5. The number of carbonyl (C=O) groups excluding carboxylic acids is 1. The number of hydrogen-bond donors (Lipinski definition) is 2. The normalized spacial score (nSPS) is 21.8. The molecule has 0 aliphatic carbocycles. The summed E-state index contributed by atoms with van der Waals surface area (Å²) in [6, 6.07) is 5.79. The molecule has 0 saturated carbocycles. The van der Waals surface area contributed by atoms with Gasteiger partial charge in [-0.3, -0.25) is 4.79 Å². The molecule has 0 spiro atoms. The van der Waals surface area contributed by atoms with Crippen molar-refractivity contribution in [3.8, 4) is 0 Å². The third-order valence-electron chi connectivity index (χ3n) is 3.69. The molecule has 1 aliphatic heterocycles. The van der Waals surface area contributed by atoms with Crippen LogP contribution in [0.25, 0.3) is 0 Å². The first-order valence-electron chi connectivity index (χ1n) is 7.29. The highest BCUT2D eigenvalue weighted by Crippen LogP contribution is 2.20. The maximum Gasteiger partial charge on any atom is 0.251 e. The van der Waals surface area contributed by atoms with Crippen molar-refractivity contribution in [3.63, 3.8) is 0 Å². The van der Waals surface area contributed by atoms with E-state index in [1.54, 1.807) is 0 Å². The number of benzene rings is 1. The Labute approximate surface area is 120 Å². The third kappa shape index (κ3) is 3.51. The number of aryl methyl sites for hydroxylation is 1. The van der Waals surface area contributed by atoms with Gasteiger partial charge >= 0.3 is 0 Å². The molecule has 0 bridgehead atoms. The fourth-order valence-electron chi connectivity index (χ4n) is 2.37. The molecule has 4 heteroatoms. The Morgan fingerprint density at radius 2 is 2.25 bits per heavy atom. The minimum atomic E-state index is -0.232. The van der Waals surface area contributed by atoms with Crippen molar-refractivity contribution < 1.29 is 9.53 Å². The van der Waals surface area contributed by atoms with E-state index in [1.807, 2.05) is 32.0 Å². The van der Waals surface area contributed by atoms with E-state index in [9.17, 15) is 4.79 Å². The van der Waals surface area contributed by atoms with Crippen LogP contribution in [0.5, 0.6) is 0 Å². The van der Waals surface area contributed by atoms with Gasteiger partial charge in [-0.1, -0.05) is 6.92 Å². The molecule has 2 N–H and O–H groups in total. The Morgan fingerprint density at radius 3 is 2.85 bits per heavy atom. The van der Waals surface area contributed by atoms with Gasteiger partial charge in [-0.15, -0.1) is 0 Å². The molecule has 1 fully saturated rings. The fraction of sp³-hybridized carbons (Fsp3) is 0.562. The number of ether oxygens (including phenoxy) is 1. The zero-order valence-corrected chi connectivity index (χ0v) is 12.6. The highest BCUT2D eigenvalue weighted by molar-refractivity contribution is 5.95. The number of hydrogen-bond acceptors (Lipinski definition) is 3. The Kier molecular flexibility index (Phi) is 4.65. The maximum atomic E-state index is 12.3. The van der Waals surface area contributed by atoms with Gasteiger partial charge in [0.15, 0.2) is 0 Å². The third-order valence-corrected chi connectivity index (χ3v) is 3.69.